The highest BCUT2D eigenvalue weighted by Gasteiger charge is 2.37. The maximum atomic E-state index is 10.7. The second-order valence-corrected chi connectivity index (χ2v) is 4.76. The summed E-state index contributed by atoms with van der Waals surface area (Å²) in [6, 6.07) is 4.00. The Labute approximate surface area is 91.4 Å². The lowest BCUT2D eigenvalue weighted by Gasteiger charge is -2.38. The zero-order valence-electron chi connectivity index (χ0n) is 9.53. The summed E-state index contributed by atoms with van der Waals surface area (Å²) in [5.74, 6) is 0.343. The van der Waals surface area contributed by atoms with Gasteiger partial charge in [-0.05, 0) is 31.7 Å². The van der Waals surface area contributed by atoms with Crippen LogP contribution in [0.25, 0.3) is 0 Å². The Morgan fingerprint density at radius 2 is 2.20 bits per heavy atom. The van der Waals surface area contributed by atoms with Gasteiger partial charge in [-0.1, -0.05) is 25.8 Å². The highest BCUT2D eigenvalue weighted by atomic mass is 16.3. The van der Waals surface area contributed by atoms with Crippen LogP contribution in [0.3, 0.4) is 0 Å². The predicted molar refractivity (Wildman–Crippen MR) is 60.5 cm³/mol. The van der Waals surface area contributed by atoms with Crippen molar-refractivity contribution < 1.29 is 5.11 Å². The topological polar surface area (TPSA) is 33.1 Å². The third-order valence-electron chi connectivity index (χ3n) is 3.67. The second-order valence-electron chi connectivity index (χ2n) is 4.76. The third kappa shape index (κ3) is 1.91. The van der Waals surface area contributed by atoms with Crippen molar-refractivity contribution in [2.75, 3.05) is 0 Å². The molecule has 2 heteroatoms. The molecule has 0 aliphatic heterocycles. The lowest BCUT2D eigenvalue weighted by Crippen LogP contribution is -2.36. The van der Waals surface area contributed by atoms with E-state index in [1.807, 2.05) is 25.3 Å². The van der Waals surface area contributed by atoms with Gasteiger partial charge in [-0.3, -0.25) is 4.98 Å². The smallest absolute Gasteiger partial charge is 0.0936 e. The summed E-state index contributed by atoms with van der Waals surface area (Å²) in [5.41, 5.74) is 1.35. The standard InChI is InChI=1S/C13H19NO/c1-10-5-3-4-8-13(10,15)12-7-6-11(2)14-9-12/h6-7,9-10,15H,3-5,8H2,1-2H3. The molecule has 0 spiro atoms. The van der Waals surface area contributed by atoms with Gasteiger partial charge in [-0.25, -0.2) is 0 Å². The van der Waals surface area contributed by atoms with Gasteiger partial charge in [0.1, 0.15) is 0 Å². The molecular weight excluding hydrogens is 186 g/mol. The monoisotopic (exact) mass is 205 g/mol. The minimum atomic E-state index is -0.640. The first-order valence-electron chi connectivity index (χ1n) is 5.78. The molecule has 82 valence electrons. The average molecular weight is 205 g/mol. The molecule has 2 atom stereocenters. The fourth-order valence-corrected chi connectivity index (χ4v) is 2.48. The van der Waals surface area contributed by atoms with E-state index < -0.39 is 5.60 Å². The molecule has 1 heterocycles. The van der Waals surface area contributed by atoms with Crippen molar-refractivity contribution in [2.45, 2.75) is 45.1 Å². The van der Waals surface area contributed by atoms with Crippen molar-refractivity contribution in [3.8, 4) is 0 Å². The highest BCUT2D eigenvalue weighted by molar-refractivity contribution is 5.22. The van der Waals surface area contributed by atoms with Crippen LogP contribution in [-0.2, 0) is 5.60 Å². The van der Waals surface area contributed by atoms with Gasteiger partial charge in [0.2, 0.25) is 0 Å². The van der Waals surface area contributed by atoms with Crippen LogP contribution in [0.4, 0.5) is 0 Å². The molecule has 1 saturated carbocycles. The Balaban J connectivity index is 2.30. The quantitative estimate of drug-likeness (QED) is 0.764. The van der Waals surface area contributed by atoms with Crippen LogP contribution in [0.1, 0.15) is 43.9 Å². The lowest BCUT2D eigenvalue weighted by molar-refractivity contribution is -0.0472. The summed E-state index contributed by atoms with van der Waals surface area (Å²) in [5, 5.41) is 10.7. The van der Waals surface area contributed by atoms with Crippen LogP contribution in [0.15, 0.2) is 18.3 Å². The van der Waals surface area contributed by atoms with Gasteiger partial charge in [0.15, 0.2) is 0 Å². The first kappa shape index (κ1) is 10.6. The molecular formula is C13H19NO. The summed E-state index contributed by atoms with van der Waals surface area (Å²) in [7, 11) is 0. The first-order valence-corrected chi connectivity index (χ1v) is 5.78. The highest BCUT2D eigenvalue weighted by Crippen LogP contribution is 2.40. The molecule has 1 N–H and O–H groups in total. The Bertz CT molecular complexity index is 333. The zero-order chi connectivity index (χ0) is 10.9. The normalized spacial score (nSPS) is 31.5. The summed E-state index contributed by atoms with van der Waals surface area (Å²) < 4.78 is 0. The molecule has 0 amide bonds. The van der Waals surface area contributed by atoms with Crippen LogP contribution in [-0.4, -0.2) is 10.1 Å². The van der Waals surface area contributed by atoms with Crippen LogP contribution in [0.2, 0.25) is 0 Å². The van der Waals surface area contributed by atoms with Gasteiger partial charge in [-0.15, -0.1) is 0 Å². The molecule has 15 heavy (non-hydrogen) atoms. The van der Waals surface area contributed by atoms with Crippen LogP contribution >= 0.6 is 0 Å². The molecule has 1 fully saturated rings. The molecule has 1 aliphatic carbocycles. The summed E-state index contributed by atoms with van der Waals surface area (Å²) in [4.78, 5) is 4.27. The number of hydrogen-bond acceptors (Lipinski definition) is 2. The Hall–Kier alpha value is -0.890. The summed E-state index contributed by atoms with van der Waals surface area (Å²) >= 11 is 0. The van der Waals surface area contributed by atoms with E-state index in [2.05, 4.69) is 11.9 Å². The van der Waals surface area contributed by atoms with Gasteiger partial charge >= 0.3 is 0 Å². The van der Waals surface area contributed by atoms with E-state index in [1.54, 1.807) is 0 Å². The Morgan fingerprint density at radius 3 is 2.80 bits per heavy atom. The van der Waals surface area contributed by atoms with Crippen molar-refractivity contribution in [3.63, 3.8) is 0 Å². The molecule has 1 aromatic rings. The van der Waals surface area contributed by atoms with E-state index in [9.17, 15) is 5.11 Å². The van der Waals surface area contributed by atoms with Crippen molar-refractivity contribution in [3.05, 3.63) is 29.6 Å². The lowest BCUT2D eigenvalue weighted by atomic mass is 9.73. The van der Waals surface area contributed by atoms with E-state index >= 15 is 0 Å². The number of pyridine rings is 1. The maximum Gasteiger partial charge on any atom is 0.0936 e. The Kier molecular flexibility index (Phi) is 2.79. The second kappa shape index (κ2) is 3.93. The van der Waals surface area contributed by atoms with Crippen molar-refractivity contribution in [1.82, 2.24) is 4.98 Å². The van der Waals surface area contributed by atoms with Crippen LogP contribution in [0.5, 0.6) is 0 Å². The van der Waals surface area contributed by atoms with Gasteiger partial charge < -0.3 is 5.11 Å². The van der Waals surface area contributed by atoms with E-state index in [4.69, 9.17) is 0 Å². The fourth-order valence-electron chi connectivity index (χ4n) is 2.48. The molecule has 0 aromatic carbocycles. The molecule has 0 radical (unpaired) electrons. The summed E-state index contributed by atoms with van der Waals surface area (Å²) in [6.07, 6.45) is 6.18. The molecule has 2 nitrogen and oxygen atoms in total. The molecule has 2 rings (SSSR count). The van der Waals surface area contributed by atoms with Crippen molar-refractivity contribution in [2.24, 2.45) is 5.92 Å². The fraction of sp³-hybridized carbons (Fsp3) is 0.615. The predicted octanol–water partition coefficient (Wildman–Crippen LogP) is 2.79. The number of hydrogen-bond donors (Lipinski definition) is 1. The third-order valence-corrected chi connectivity index (χ3v) is 3.67. The van der Waals surface area contributed by atoms with Gasteiger partial charge in [0.05, 0.1) is 5.60 Å². The number of aryl methyl sites for hydroxylation is 1. The summed E-state index contributed by atoms with van der Waals surface area (Å²) in [6.45, 7) is 4.11. The molecule has 0 bridgehead atoms. The van der Waals surface area contributed by atoms with E-state index in [0.717, 1.165) is 30.5 Å². The Morgan fingerprint density at radius 1 is 1.40 bits per heavy atom. The van der Waals surface area contributed by atoms with Crippen molar-refractivity contribution in [1.29, 1.82) is 0 Å². The molecule has 2 unspecified atom stereocenters. The van der Waals surface area contributed by atoms with Crippen LogP contribution < -0.4 is 0 Å². The number of aliphatic hydroxyl groups is 1. The molecule has 0 saturated heterocycles. The molecule has 1 aliphatic rings. The SMILES string of the molecule is Cc1ccc(C2(O)CCCCC2C)cn1. The van der Waals surface area contributed by atoms with E-state index in [0.29, 0.717) is 5.92 Å². The first-order chi connectivity index (χ1) is 7.13. The zero-order valence-corrected chi connectivity index (χ0v) is 9.53. The van der Waals surface area contributed by atoms with Crippen LogP contribution in [0, 0.1) is 12.8 Å². The minimum Gasteiger partial charge on any atom is -0.385 e. The van der Waals surface area contributed by atoms with E-state index in [1.165, 1.54) is 6.42 Å². The van der Waals surface area contributed by atoms with Gasteiger partial charge in [0.25, 0.3) is 0 Å². The minimum absolute atomic E-state index is 0.343. The van der Waals surface area contributed by atoms with Gasteiger partial charge in [-0.2, -0.15) is 0 Å². The largest absolute Gasteiger partial charge is 0.385 e. The number of aromatic nitrogens is 1. The molecule has 1 aromatic heterocycles. The maximum absolute atomic E-state index is 10.7. The van der Waals surface area contributed by atoms with Crippen molar-refractivity contribution >= 4 is 0 Å². The van der Waals surface area contributed by atoms with E-state index in [-0.39, 0.29) is 0 Å². The number of rotatable bonds is 1. The average Bonchev–Trinajstić information content (AvgIpc) is 2.23. The van der Waals surface area contributed by atoms with Gasteiger partial charge in [0, 0.05) is 17.5 Å². The number of nitrogens with zero attached hydrogens (tertiary/aromatic N) is 1.